The van der Waals surface area contributed by atoms with Crippen molar-refractivity contribution in [2.75, 3.05) is 0 Å². The van der Waals surface area contributed by atoms with Gasteiger partial charge in [0.15, 0.2) is 0 Å². The Morgan fingerprint density at radius 3 is 2.78 bits per heavy atom. The van der Waals surface area contributed by atoms with Gasteiger partial charge in [0.05, 0.1) is 11.0 Å². The molecule has 0 heterocycles. The quantitative estimate of drug-likeness (QED) is 0.696. The highest BCUT2D eigenvalue weighted by molar-refractivity contribution is 5.95. The Balaban J connectivity index is 1.85. The average Bonchev–Trinajstić information content (AvgIpc) is 2.83. The molecule has 2 aromatic carbocycles. The number of benzene rings is 2. The molecule has 1 aliphatic rings. The number of aryl methyl sites for hydroxylation is 1. The van der Waals surface area contributed by atoms with Crippen LogP contribution in [-0.2, 0) is 6.42 Å². The molecule has 2 atom stereocenters. The molecule has 23 heavy (non-hydrogen) atoms. The number of carbonyl (C=O) groups excluding carboxylic acids is 1. The minimum Gasteiger partial charge on any atom is -0.345 e. The first-order valence-electron chi connectivity index (χ1n) is 7.60. The number of non-ortho nitro benzene ring substituents is 1. The van der Waals surface area contributed by atoms with Crippen LogP contribution in [-0.4, -0.2) is 10.8 Å². The van der Waals surface area contributed by atoms with E-state index >= 15 is 0 Å². The van der Waals surface area contributed by atoms with Crippen molar-refractivity contribution in [3.8, 4) is 0 Å². The van der Waals surface area contributed by atoms with E-state index in [2.05, 4.69) is 30.4 Å². The summed E-state index contributed by atoms with van der Waals surface area (Å²) in [7, 11) is 0. The van der Waals surface area contributed by atoms with E-state index in [4.69, 9.17) is 0 Å². The zero-order valence-corrected chi connectivity index (χ0v) is 13.1. The van der Waals surface area contributed by atoms with Crippen LogP contribution >= 0.6 is 0 Å². The van der Waals surface area contributed by atoms with Crippen molar-refractivity contribution in [3.05, 3.63) is 74.8 Å². The SMILES string of the molecule is Cc1ccc2c(c1)[C@H](NC(=O)c1cccc([N+](=O)[O-])c1)[C@@H](C)C2. The zero-order chi connectivity index (χ0) is 16.6. The molecule has 0 aliphatic heterocycles. The lowest BCUT2D eigenvalue weighted by atomic mass is 10.0. The number of fused-ring (bicyclic) bond motifs is 1. The fourth-order valence-electron chi connectivity index (χ4n) is 3.17. The molecule has 1 N–H and O–H groups in total. The number of nitro benzene ring substituents is 1. The lowest BCUT2D eigenvalue weighted by Crippen LogP contribution is -2.30. The first-order valence-corrected chi connectivity index (χ1v) is 7.60. The summed E-state index contributed by atoms with van der Waals surface area (Å²) in [5, 5.41) is 13.9. The number of carbonyl (C=O) groups is 1. The second-order valence-corrected chi connectivity index (χ2v) is 6.14. The number of hydrogen-bond acceptors (Lipinski definition) is 3. The first kappa shape index (κ1) is 15.2. The van der Waals surface area contributed by atoms with Crippen molar-refractivity contribution in [3.63, 3.8) is 0 Å². The second-order valence-electron chi connectivity index (χ2n) is 6.14. The maximum Gasteiger partial charge on any atom is 0.270 e. The zero-order valence-electron chi connectivity index (χ0n) is 13.1. The molecule has 5 heteroatoms. The van der Waals surface area contributed by atoms with Crippen molar-refractivity contribution in [1.29, 1.82) is 0 Å². The van der Waals surface area contributed by atoms with Crippen LogP contribution in [0.25, 0.3) is 0 Å². The van der Waals surface area contributed by atoms with Crippen molar-refractivity contribution in [2.45, 2.75) is 26.3 Å². The van der Waals surface area contributed by atoms with Crippen LogP contribution in [0, 0.1) is 23.0 Å². The Morgan fingerprint density at radius 1 is 1.26 bits per heavy atom. The highest BCUT2D eigenvalue weighted by Gasteiger charge is 2.30. The standard InChI is InChI=1S/C18H18N2O3/c1-11-6-7-13-9-12(2)17(16(13)8-11)19-18(21)14-4-3-5-15(10-14)20(22)23/h3-8,10,12,17H,9H2,1-2H3,(H,19,21)/t12-,17+/m0/s1. The molecule has 0 spiro atoms. The highest BCUT2D eigenvalue weighted by atomic mass is 16.6. The smallest absolute Gasteiger partial charge is 0.270 e. The number of amides is 1. The Morgan fingerprint density at radius 2 is 2.04 bits per heavy atom. The Kier molecular flexibility index (Phi) is 3.86. The van der Waals surface area contributed by atoms with E-state index in [9.17, 15) is 14.9 Å². The number of nitro groups is 1. The van der Waals surface area contributed by atoms with Gasteiger partial charge >= 0.3 is 0 Å². The summed E-state index contributed by atoms with van der Waals surface area (Å²) in [6.45, 7) is 4.14. The van der Waals surface area contributed by atoms with Crippen LogP contribution in [0.2, 0.25) is 0 Å². The molecule has 1 aliphatic carbocycles. The molecule has 1 amide bonds. The van der Waals surface area contributed by atoms with Crippen LogP contribution in [0.4, 0.5) is 5.69 Å². The van der Waals surface area contributed by atoms with Gasteiger partial charge in [-0.3, -0.25) is 14.9 Å². The summed E-state index contributed by atoms with van der Waals surface area (Å²) in [6.07, 6.45) is 0.926. The number of nitrogens with one attached hydrogen (secondary N) is 1. The van der Waals surface area contributed by atoms with Crippen molar-refractivity contribution in [2.24, 2.45) is 5.92 Å². The van der Waals surface area contributed by atoms with Crippen LogP contribution in [0.5, 0.6) is 0 Å². The van der Waals surface area contributed by atoms with Crippen LogP contribution < -0.4 is 5.32 Å². The molecule has 0 fully saturated rings. The molecule has 118 valence electrons. The fourth-order valence-corrected chi connectivity index (χ4v) is 3.17. The lowest BCUT2D eigenvalue weighted by Gasteiger charge is -2.19. The number of rotatable bonds is 3. The summed E-state index contributed by atoms with van der Waals surface area (Å²) >= 11 is 0. The Bertz CT molecular complexity index is 786. The largest absolute Gasteiger partial charge is 0.345 e. The van der Waals surface area contributed by atoms with E-state index < -0.39 is 4.92 Å². The van der Waals surface area contributed by atoms with E-state index in [0.717, 1.165) is 17.5 Å². The van der Waals surface area contributed by atoms with E-state index in [0.29, 0.717) is 11.5 Å². The summed E-state index contributed by atoms with van der Waals surface area (Å²) in [5.74, 6) is 0.0226. The van der Waals surface area contributed by atoms with E-state index in [1.54, 1.807) is 6.07 Å². The van der Waals surface area contributed by atoms with Crippen LogP contribution in [0.3, 0.4) is 0 Å². The van der Waals surface area contributed by atoms with E-state index in [1.807, 2.05) is 6.92 Å². The summed E-state index contributed by atoms with van der Waals surface area (Å²) < 4.78 is 0. The van der Waals surface area contributed by atoms with Crippen molar-refractivity contribution < 1.29 is 9.72 Å². The molecule has 0 bridgehead atoms. The molecule has 5 nitrogen and oxygen atoms in total. The maximum atomic E-state index is 12.5. The van der Waals surface area contributed by atoms with E-state index in [-0.39, 0.29) is 17.6 Å². The molecule has 3 rings (SSSR count). The Hall–Kier alpha value is -2.69. The minimum absolute atomic E-state index is 0.0586. The first-order chi connectivity index (χ1) is 11.0. The lowest BCUT2D eigenvalue weighted by molar-refractivity contribution is -0.384. The van der Waals surface area contributed by atoms with Crippen molar-refractivity contribution in [1.82, 2.24) is 5.32 Å². The summed E-state index contributed by atoms with van der Waals surface area (Å²) in [4.78, 5) is 22.8. The summed E-state index contributed by atoms with van der Waals surface area (Å²) in [6, 6.07) is 12.1. The molecular formula is C18H18N2O3. The van der Waals surface area contributed by atoms with Gasteiger partial charge in [0.2, 0.25) is 0 Å². The topological polar surface area (TPSA) is 72.2 Å². The van der Waals surface area contributed by atoms with Crippen LogP contribution in [0.15, 0.2) is 42.5 Å². The van der Waals surface area contributed by atoms with Gasteiger partial charge in [-0.1, -0.05) is 36.8 Å². The van der Waals surface area contributed by atoms with Gasteiger partial charge in [-0.05, 0) is 36.5 Å². The third-order valence-corrected chi connectivity index (χ3v) is 4.35. The van der Waals surface area contributed by atoms with Gasteiger partial charge in [-0.25, -0.2) is 0 Å². The van der Waals surface area contributed by atoms with Gasteiger partial charge in [-0.15, -0.1) is 0 Å². The minimum atomic E-state index is -0.492. The molecule has 0 saturated carbocycles. The third-order valence-electron chi connectivity index (χ3n) is 4.35. The average molecular weight is 310 g/mol. The van der Waals surface area contributed by atoms with Crippen molar-refractivity contribution >= 4 is 11.6 Å². The van der Waals surface area contributed by atoms with Gasteiger partial charge in [0, 0.05) is 17.7 Å². The monoisotopic (exact) mass is 310 g/mol. The van der Waals surface area contributed by atoms with Gasteiger partial charge in [0.1, 0.15) is 0 Å². The molecule has 0 aromatic heterocycles. The van der Waals surface area contributed by atoms with Crippen LogP contribution in [0.1, 0.15) is 40.0 Å². The molecule has 0 radical (unpaired) electrons. The van der Waals surface area contributed by atoms with Gasteiger partial charge < -0.3 is 5.32 Å². The summed E-state index contributed by atoms with van der Waals surface area (Å²) in [5.41, 5.74) is 3.80. The second kappa shape index (κ2) is 5.83. The van der Waals surface area contributed by atoms with Gasteiger partial charge in [-0.2, -0.15) is 0 Å². The molecule has 0 unspecified atom stereocenters. The molecule has 0 saturated heterocycles. The molecule has 2 aromatic rings. The normalized spacial score (nSPS) is 19.2. The maximum absolute atomic E-state index is 12.5. The fraction of sp³-hybridized carbons (Fsp3) is 0.278. The predicted octanol–water partition coefficient (Wildman–Crippen LogP) is 3.57. The Labute approximate surface area is 134 Å². The number of nitrogens with zero attached hydrogens (tertiary/aromatic N) is 1. The third kappa shape index (κ3) is 2.95. The van der Waals surface area contributed by atoms with E-state index in [1.165, 1.54) is 23.8 Å². The predicted molar refractivity (Wildman–Crippen MR) is 87.4 cm³/mol. The number of hydrogen-bond donors (Lipinski definition) is 1. The van der Waals surface area contributed by atoms with Gasteiger partial charge in [0.25, 0.3) is 11.6 Å². The highest BCUT2D eigenvalue weighted by Crippen LogP contribution is 2.36. The molecular weight excluding hydrogens is 292 g/mol.